The summed E-state index contributed by atoms with van der Waals surface area (Å²) in [5, 5.41) is 0. The van der Waals surface area contributed by atoms with E-state index in [1.165, 1.54) is 4.31 Å². The van der Waals surface area contributed by atoms with Crippen LogP contribution in [0.15, 0.2) is 53.0 Å². The SMILES string of the molecule is C=C[C@@H]1[C@H]2CC(=O)C(C)=C2CN1S(=O)(=O)c1ccc(C)cc1. The zero-order valence-corrected chi connectivity index (χ0v) is 13.6. The van der Waals surface area contributed by atoms with E-state index in [0.29, 0.717) is 6.42 Å². The Bertz CT molecular complexity index is 775. The molecule has 0 bridgehead atoms. The van der Waals surface area contributed by atoms with Gasteiger partial charge in [0.2, 0.25) is 10.0 Å². The normalized spacial score (nSPS) is 25.6. The van der Waals surface area contributed by atoms with Gasteiger partial charge in [0.15, 0.2) is 5.78 Å². The van der Waals surface area contributed by atoms with Gasteiger partial charge in [-0.15, -0.1) is 6.58 Å². The summed E-state index contributed by atoms with van der Waals surface area (Å²) in [6.45, 7) is 7.78. The first-order chi connectivity index (χ1) is 10.4. The summed E-state index contributed by atoms with van der Waals surface area (Å²) in [5.74, 6) is 0.0736. The maximum absolute atomic E-state index is 12.9. The number of carbonyl (C=O) groups excluding carboxylic acids is 1. The van der Waals surface area contributed by atoms with Crippen molar-refractivity contribution in [1.29, 1.82) is 0 Å². The van der Waals surface area contributed by atoms with Crippen molar-refractivity contribution in [2.75, 3.05) is 6.54 Å². The standard InChI is InChI=1S/C17H19NO3S/c1-4-16-14-9-17(19)12(3)15(14)10-18(16)22(20,21)13-7-5-11(2)6-8-13/h4-8,14,16H,1,9-10H2,2-3H3/t14-,16+/m0/s1. The lowest BCUT2D eigenvalue weighted by Gasteiger charge is -2.24. The molecule has 0 aromatic heterocycles. The van der Waals surface area contributed by atoms with Gasteiger partial charge in [0, 0.05) is 18.9 Å². The number of rotatable bonds is 3. The van der Waals surface area contributed by atoms with E-state index in [9.17, 15) is 13.2 Å². The van der Waals surface area contributed by atoms with Crippen LogP contribution < -0.4 is 0 Å². The summed E-state index contributed by atoms with van der Waals surface area (Å²) >= 11 is 0. The molecule has 1 aromatic rings. The molecule has 0 amide bonds. The van der Waals surface area contributed by atoms with Crippen LogP contribution >= 0.6 is 0 Å². The molecule has 1 aliphatic heterocycles. The van der Waals surface area contributed by atoms with Crippen molar-refractivity contribution in [1.82, 2.24) is 4.31 Å². The van der Waals surface area contributed by atoms with Gasteiger partial charge in [0.05, 0.1) is 10.9 Å². The third-order valence-corrected chi connectivity index (χ3v) is 6.55. The molecule has 1 aromatic carbocycles. The van der Waals surface area contributed by atoms with Crippen molar-refractivity contribution in [2.45, 2.75) is 31.2 Å². The van der Waals surface area contributed by atoms with Crippen LogP contribution in [0.4, 0.5) is 0 Å². The van der Waals surface area contributed by atoms with Crippen molar-refractivity contribution in [2.24, 2.45) is 5.92 Å². The quantitative estimate of drug-likeness (QED) is 0.805. The summed E-state index contributed by atoms with van der Waals surface area (Å²) in [6, 6.07) is 6.50. The van der Waals surface area contributed by atoms with Crippen LogP contribution in [0.5, 0.6) is 0 Å². The van der Waals surface area contributed by atoms with Gasteiger partial charge >= 0.3 is 0 Å². The molecule has 4 nitrogen and oxygen atoms in total. The second kappa shape index (κ2) is 5.18. The van der Waals surface area contributed by atoms with Gasteiger partial charge < -0.3 is 0 Å². The molecule has 0 N–H and O–H groups in total. The molecule has 2 atom stereocenters. The highest BCUT2D eigenvalue weighted by Gasteiger charge is 2.47. The van der Waals surface area contributed by atoms with E-state index in [1.54, 1.807) is 37.3 Å². The molecule has 116 valence electrons. The van der Waals surface area contributed by atoms with Crippen LogP contribution in [0.3, 0.4) is 0 Å². The maximum Gasteiger partial charge on any atom is 0.243 e. The van der Waals surface area contributed by atoms with Gasteiger partial charge in [-0.25, -0.2) is 8.42 Å². The smallest absolute Gasteiger partial charge is 0.243 e. The van der Waals surface area contributed by atoms with Crippen molar-refractivity contribution in [3.05, 3.63) is 53.6 Å². The second-order valence-electron chi connectivity index (χ2n) is 5.97. The van der Waals surface area contributed by atoms with Crippen LogP contribution in [0.2, 0.25) is 0 Å². The van der Waals surface area contributed by atoms with E-state index >= 15 is 0 Å². The predicted molar refractivity (Wildman–Crippen MR) is 84.9 cm³/mol. The number of hydrogen-bond donors (Lipinski definition) is 0. The third-order valence-electron chi connectivity index (χ3n) is 4.69. The molecule has 5 heteroatoms. The van der Waals surface area contributed by atoms with Gasteiger partial charge in [-0.2, -0.15) is 4.31 Å². The highest BCUT2D eigenvalue weighted by molar-refractivity contribution is 7.89. The zero-order chi connectivity index (χ0) is 16.1. The third kappa shape index (κ3) is 2.16. The Morgan fingerprint density at radius 2 is 1.86 bits per heavy atom. The maximum atomic E-state index is 12.9. The summed E-state index contributed by atoms with van der Waals surface area (Å²) in [6.07, 6.45) is 2.03. The van der Waals surface area contributed by atoms with Gasteiger partial charge in [0.1, 0.15) is 0 Å². The fourth-order valence-corrected chi connectivity index (χ4v) is 4.96. The van der Waals surface area contributed by atoms with E-state index < -0.39 is 10.0 Å². The highest BCUT2D eigenvalue weighted by Crippen LogP contribution is 2.42. The largest absolute Gasteiger partial charge is 0.295 e. The summed E-state index contributed by atoms with van der Waals surface area (Å²) in [5.41, 5.74) is 2.69. The van der Waals surface area contributed by atoms with Crippen LogP contribution in [0.25, 0.3) is 0 Å². The minimum absolute atomic E-state index is 0.0507. The molecular formula is C17H19NO3S. The van der Waals surface area contributed by atoms with E-state index in [1.807, 2.05) is 6.92 Å². The molecule has 1 heterocycles. The van der Waals surface area contributed by atoms with Crippen LogP contribution in [0.1, 0.15) is 18.9 Å². The Morgan fingerprint density at radius 1 is 1.23 bits per heavy atom. The molecule has 0 spiro atoms. The number of fused-ring (bicyclic) bond motifs is 1. The fraction of sp³-hybridized carbons (Fsp3) is 0.353. The number of sulfonamides is 1. The molecule has 0 radical (unpaired) electrons. The molecule has 1 aliphatic carbocycles. The summed E-state index contributed by atoms with van der Waals surface area (Å²) < 4.78 is 27.3. The Kier molecular flexibility index (Phi) is 3.57. The van der Waals surface area contributed by atoms with Crippen molar-refractivity contribution in [3.63, 3.8) is 0 Å². The van der Waals surface area contributed by atoms with E-state index in [-0.39, 0.29) is 29.2 Å². The Balaban J connectivity index is 2.03. The molecule has 1 saturated heterocycles. The summed E-state index contributed by atoms with van der Waals surface area (Å²) in [7, 11) is -3.58. The number of ketones is 1. The number of hydrogen-bond acceptors (Lipinski definition) is 3. The Morgan fingerprint density at radius 3 is 2.45 bits per heavy atom. The number of benzene rings is 1. The number of carbonyl (C=O) groups is 1. The number of Topliss-reactive ketones (excluding diaryl/α,β-unsaturated/α-hetero) is 1. The molecule has 22 heavy (non-hydrogen) atoms. The second-order valence-corrected chi connectivity index (χ2v) is 7.86. The van der Waals surface area contributed by atoms with Gasteiger partial charge in [-0.3, -0.25) is 4.79 Å². The minimum Gasteiger partial charge on any atom is -0.295 e. The zero-order valence-electron chi connectivity index (χ0n) is 12.7. The molecule has 2 aliphatic rings. The molecule has 1 fully saturated rings. The average Bonchev–Trinajstić information content (AvgIpc) is 2.97. The number of nitrogens with zero attached hydrogens (tertiary/aromatic N) is 1. The van der Waals surface area contributed by atoms with E-state index in [2.05, 4.69) is 6.58 Å². The minimum atomic E-state index is -3.58. The molecular weight excluding hydrogens is 298 g/mol. The van der Waals surface area contributed by atoms with Crippen LogP contribution in [-0.4, -0.2) is 31.1 Å². The lowest BCUT2D eigenvalue weighted by molar-refractivity contribution is -0.115. The highest BCUT2D eigenvalue weighted by atomic mass is 32.2. The predicted octanol–water partition coefficient (Wildman–Crippen LogP) is 2.46. The van der Waals surface area contributed by atoms with Gasteiger partial charge in [-0.05, 0) is 37.1 Å². The number of allylic oxidation sites excluding steroid dienone is 1. The number of aryl methyl sites for hydroxylation is 1. The van der Waals surface area contributed by atoms with E-state index in [4.69, 9.17) is 0 Å². The molecule has 0 unspecified atom stereocenters. The molecule has 3 rings (SSSR count). The summed E-state index contributed by atoms with van der Waals surface area (Å²) in [4.78, 5) is 12.1. The monoisotopic (exact) mass is 317 g/mol. The Hall–Kier alpha value is -1.72. The first-order valence-corrected chi connectivity index (χ1v) is 8.74. The van der Waals surface area contributed by atoms with Crippen molar-refractivity contribution < 1.29 is 13.2 Å². The topological polar surface area (TPSA) is 54.5 Å². The molecule has 0 saturated carbocycles. The van der Waals surface area contributed by atoms with Crippen molar-refractivity contribution in [3.8, 4) is 0 Å². The lowest BCUT2D eigenvalue weighted by atomic mass is 9.97. The van der Waals surface area contributed by atoms with Gasteiger partial charge in [-0.1, -0.05) is 23.8 Å². The van der Waals surface area contributed by atoms with Crippen molar-refractivity contribution >= 4 is 15.8 Å². The van der Waals surface area contributed by atoms with Crippen LogP contribution in [-0.2, 0) is 14.8 Å². The lowest BCUT2D eigenvalue weighted by Crippen LogP contribution is -2.37. The van der Waals surface area contributed by atoms with Crippen LogP contribution in [0, 0.1) is 12.8 Å². The first kappa shape index (κ1) is 15.2. The van der Waals surface area contributed by atoms with Gasteiger partial charge in [0.25, 0.3) is 0 Å². The van der Waals surface area contributed by atoms with E-state index in [0.717, 1.165) is 16.7 Å². The average molecular weight is 317 g/mol. The first-order valence-electron chi connectivity index (χ1n) is 7.30. The Labute approximate surface area is 131 Å². The fourth-order valence-electron chi connectivity index (χ4n) is 3.34.